The zero-order valence-corrected chi connectivity index (χ0v) is 11.3. The third-order valence-corrected chi connectivity index (χ3v) is 5.39. The molecule has 0 aromatic heterocycles. The number of rotatable bonds is 2. The van der Waals surface area contributed by atoms with Crippen molar-refractivity contribution in [3.05, 3.63) is 0 Å². The lowest BCUT2D eigenvalue weighted by Gasteiger charge is -2.34. The number of amides is 1. The van der Waals surface area contributed by atoms with Crippen molar-refractivity contribution in [3.63, 3.8) is 0 Å². The van der Waals surface area contributed by atoms with Gasteiger partial charge >= 0.3 is 0 Å². The van der Waals surface area contributed by atoms with E-state index in [1.165, 1.54) is 12.8 Å². The Balaban J connectivity index is 1.76. The summed E-state index contributed by atoms with van der Waals surface area (Å²) < 4.78 is 0. The van der Waals surface area contributed by atoms with Crippen molar-refractivity contribution >= 4 is 11.9 Å². The summed E-state index contributed by atoms with van der Waals surface area (Å²) in [5, 5.41) is 11.4. The van der Waals surface area contributed by atoms with Crippen LogP contribution in [-0.2, 0) is 9.59 Å². The smallest absolute Gasteiger partial charge is 0.226 e. The van der Waals surface area contributed by atoms with Gasteiger partial charge in [0.2, 0.25) is 5.91 Å². The molecule has 3 rings (SSSR count). The molecule has 1 saturated heterocycles. The second-order valence-electron chi connectivity index (χ2n) is 6.44. The Morgan fingerprint density at radius 2 is 1.47 bits per heavy atom. The van der Waals surface area contributed by atoms with Gasteiger partial charge in [-0.1, -0.05) is 12.8 Å². The molecule has 2 saturated carbocycles. The van der Waals surface area contributed by atoms with E-state index in [4.69, 9.17) is 0 Å². The molecule has 1 amide bonds. The van der Waals surface area contributed by atoms with Crippen LogP contribution in [0.4, 0.5) is 0 Å². The Hall–Kier alpha value is -1.06. The molecule has 0 spiro atoms. The minimum Gasteiger partial charge on any atom is -0.550 e. The largest absolute Gasteiger partial charge is 0.550 e. The van der Waals surface area contributed by atoms with Gasteiger partial charge in [0.05, 0.1) is 0 Å². The fourth-order valence-electron chi connectivity index (χ4n) is 4.49. The summed E-state index contributed by atoms with van der Waals surface area (Å²) >= 11 is 0. The van der Waals surface area contributed by atoms with Crippen molar-refractivity contribution in [2.45, 2.75) is 44.9 Å². The van der Waals surface area contributed by atoms with Gasteiger partial charge in [-0.3, -0.25) is 4.79 Å². The fraction of sp³-hybridized carbons (Fsp3) is 0.867. The molecule has 4 atom stereocenters. The average Bonchev–Trinajstić information content (AvgIpc) is 2.89. The molecule has 106 valence electrons. The first-order valence-electron chi connectivity index (χ1n) is 7.68. The van der Waals surface area contributed by atoms with E-state index < -0.39 is 11.9 Å². The SMILES string of the molecule is O=C([O-])[C@H]1[C@@H]2CC[C@H](C2)[C@H]1C(=O)N1CCCCCC1. The number of carbonyl (C=O) groups excluding carboxylic acids is 2. The van der Waals surface area contributed by atoms with Crippen molar-refractivity contribution in [1.29, 1.82) is 0 Å². The van der Waals surface area contributed by atoms with Crippen molar-refractivity contribution < 1.29 is 14.7 Å². The Bertz CT molecular complexity index is 374. The minimum absolute atomic E-state index is 0.100. The summed E-state index contributed by atoms with van der Waals surface area (Å²) in [6.45, 7) is 1.62. The van der Waals surface area contributed by atoms with Crippen LogP contribution in [0.2, 0.25) is 0 Å². The fourth-order valence-corrected chi connectivity index (χ4v) is 4.49. The van der Waals surface area contributed by atoms with Crippen molar-refractivity contribution in [2.24, 2.45) is 23.7 Å². The molecule has 0 unspecified atom stereocenters. The standard InChI is InChI=1S/C15H23NO3/c17-14(16-7-3-1-2-4-8-16)12-10-5-6-11(9-10)13(12)15(18)19/h10-13H,1-9H2,(H,18,19)/p-1/t10-,11-,12-,13+/m1/s1. The second-order valence-corrected chi connectivity index (χ2v) is 6.44. The van der Waals surface area contributed by atoms with Crippen LogP contribution in [0.3, 0.4) is 0 Å². The first-order chi connectivity index (χ1) is 9.18. The van der Waals surface area contributed by atoms with Crippen LogP contribution in [0.25, 0.3) is 0 Å². The summed E-state index contributed by atoms with van der Waals surface area (Å²) in [6.07, 6.45) is 7.40. The molecule has 1 heterocycles. The summed E-state index contributed by atoms with van der Waals surface area (Å²) in [7, 11) is 0. The number of carboxylic acid groups (broad SMARTS) is 1. The molecule has 0 aromatic carbocycles. The van der Waals surface area contributed by atoms with Crippen molar-refractivity contribution in [2.75, 3.05) is 13.1 Å². The highest BCUT2D eigenvalue weighted by molar-refractivity contribution is 5.85. The van der Waals surface area contributed by atoms with E-state index in [-0.39, 0.29) is 17.7 Å². The predicted molar refractivity (Wildman–Crippen MR) is 67.9 cm³/mol. The van der Waals surface area contributed by atoms with Gasteiger partial charge in [-0.15, -0.1) is 0 Å². The highest BCUT2D eigenvalue weighted by atomic mass is 16.4. The first-order valence-corrected chi connectivity index (χ1v) is 7.68. The minimum atomic E-state index is -1.000. The Labute approximate surface area is 114 Å². The monoisotopic (exact) mass is 264 g/mol. The molecule has 1 aliphatic heterocycles. The number of likely N-dealkylation sites (tertiary alicyclic amines) is 1. The zero-order chi connectivity index (χ0) is 13.4. The maximum atomic E-state index is 12.7. The summed E-state index contributed by atoms with van der Waals surface area (Å²) in [4.78, 5) is 26.0. The molecule has 2 bridgehead atoms. The van der Waals surface area contributed by atoms with Crippen LogP contribution < -0.4 is 5.11 Å². The molecule has 3 fully saturated rings. The molecular formula is C15H22NO3-. The third kappa shape index (κ3) is 2.26. The maximum absolute atomic E-state index is 12.7. The van der Waals surface area contributed by atoms with Gasteiger partial charge in [0.15, 0.2) is 0 Å². The second kappa shape index (κ2) is 5.14. The van der Waals surface area contributed by atoms with Gasteiger partial charge in [-0.25, -0.2) is 0 Å². The van der Waals surface area contributed by atoms with Crippen LogP contribution in [0.15, 0.2) is 0 Å². The summed E-state index contributed by atoms with van der Waals surface area (Å²) in [5.41, 5.74) is 0. The van der Waals surface area contributed by atoms with Crippen molar-refractivity contribution in [3.8, 4) is 0 Å². The van der Waals surface area contributed by atoms with Crippen LogP contribution in [0, 0.1) is 23.7 Å². The van der Waals surface area contributed by atoms with E-state index in [1.54, 1.807) is 0 Å². The lowest BCUT2D eigenvalue weighted by molar-refractivity contribution is -0.314. The van der Waals surface area contributed by atoms with Crippen LogP contribution in [-0.4, -0.2) is 29.9 Å². The number of carboxylic acids is 1. The number of carbonyl (C=O) groups is 2. The van der Waals surface area contributed by atoms with Crippen molar-refractivity contribution in [1.82, 2.24) is 4.90 Å². The number of hydrogen-bond donors (Lipinski definition) is 0. The van der Waals surface area contributed by atoms with Gasteiger partial charge < -0.3 is 14.8 Å². The molecule has 4 nitrogen and oxygen atoms in total. The van der Waals surface area contributed by atoms with Gasteiger partial charge in [-0.05, 0) is 43.9 Å². The Kier molecular flexibility index (Phi) is 3.50. The maximum Gasteiger partial charge on any atom is 0.226 e. The Morgan fingerprint density at radius 1 is 0.895 bits per heavy atom. The van der Waals surface area contributed by atoms with Gasteiger partial charge in [0, 0.05) is 30.9 Å². The van der Waals surface area contributed by atoms with E-state index >= 15 is 0 Å². The number of hydrogen-bond acceptors (Lipinski definition) is 3. The summed E-state index contributed by atoms with van der Waals surface area (Å²) in [5.74, 6) is -1.22. The zero-order valence-electron chi connectivity index (χ0n) is 11.3. The highest BCUT2D eigenvalue weighted by Gasteiger charge is 2.52. The van der Waals surface area contributed by atoms with Gasteiger partial charge in [-0.2, -0.15) is 0 Å². The molecule has 19 heavy (non-hydrogen) atoms. The van der Waals surface area contributed by atoms with Gasteiger partial charge in [0.25, 0.3) is 0 Å². The molecule has 3 aliphatic rings. The van der Waals surface area contributed by atoms with Crippen LogP contribution in [0.1, 0.15) is 44.9 Å². The Morgan fingerprint density at radius 3 is 2.05 bits per heavy atom. The predicted octanol–water partition coefficient (Wildman–Crippen LogP) is 0.801. The van der Waals surface area contributed by atoms with E-state index in [0.29, 0.717) is 5.92 Å². The first kappa shape index (κ1) is 12.9. The van der Waals surface area contributed by atoms with E-state index in [1.807, 2.05) is 4.90 Å². The normalized spacial score (nSPS) is 38.2. The van der Waals surface area contributed by atoms with E-state index in [0.717, 1.165) is 45.2 Å². The number of aliphatic carboxylic acids is 1. The lowest BCUT2D eigenvalue weighted by atomic mass is 9.78. The quantitative estimate of drug-likeness (QED) is 0.741. The van der Waals surface area contributed by atoms with Gasteiger partial charge in [0.1, 0.15) is 0 Å². The molecule has 0 radical (unpaired) electrons. The van der Waals surface area contributed by atoms with Crippen LogP contribution >= 0.6 is 0 Å². The molecule has 4 heteroatoms. The molecule has 0 aromatic rings. The number of nitrogens with zero attached hydrogens (tertiary/aromatic N) is 1. The van der Waals surface area contributed by atoms with Crippen LogP contribution in [0.5, 0.6) is 0 Å². The third-order valence-electron chi connectivity index (χ3n) is 5.39. The van der Waals surface area contributed by atoms with E-state index in [9.17, 15) is 14.7 Å². The van der Waals surface area contributed by atoms with E-state index in [2.05, 4.69) is 0 Å². The summed E-state index contributed by atoms with van der Waals surface area (Å²) in [6, 6.07) is 0. The average molecular weight is 264 g/mol. The highest BCUT2D eigenvalue weighted by Crippen LogP contribution is 2.52. The molecule has 2 aliphatic carbocycles. The lowest BCUT2D eigenvalue weighted by Crippen LogP contribution is -2.47. The molecular weight excluding hydrogens is 242 g/mol. The molecule has 0 N–H and O–H groups in total. The topological polar surface area (TPSA) is 60.4 Å². The number of fused-ring (bicyclic) bond motifs is 2.